The number of ether oxygens (including phenoxy) is 1. The van der Waals surface area contributed by atoms with Crippen molar-refractivity contribution in [3.05, 3.63) is 29.8 Å². The van der Waals surface area contributed by atoms with Gasteiger partial charge < -0.3 is 15.0 Å². The fourth-order valence-electron chi connectivity index (χ4n) is 3.60. The molecule has 6 nitrogen and oxygen atoms in total. The van der Waals surface area contributed by atoms with Gasteiger partial charge in [0.05, 0.1) is 5.92 Å². The quantitative estimate of drug-likeness (QED) is 0.797. The minimum absolute atomic E-state index is 0.0530. The van der Waals surface area contributed by atoms with Gasteiger partial charge in [0.2, 0.25) is 5.91 Å². The molecule has 1 aliphatic heterocycles. The van der Waals surface area contributed by atoms with Gasteiger partial charge in [-0.1, -0.05) is 12.8 Å². The number of benzene rings is 1. The largest absolute Gasteiger partial charge is 0.452 e. The highest BCUT2D eigenvalue weighted by Gasteiger charge is 2.40. The Labute approximate surface area is 155 Å². The van der Waals surface area contributed by atoms with Crippen LogP contribution in [-0.2, 0) is 19.1 Å². The van der Waals surface area contributed by atoms with Crippen molar-refractivity contribution in [1.29, 1.82) is 0 Å². The van der Waals surface area contributed by atoms with E-state index in [2.05, 4.69) is 5.32 Å². The number of nitrogens with zero attached hydrogens (tertiary/aromatic N) is 1. The summed E-state index contributed by atoms with van der Waals surface area (Å²) in [7, 11) is 0. The van der Waals surface area contributed by atoms with Gasteiger partial charge in [-0.2, -0.15) is 0 Å². The molecule has 2 amide bonds. The van der Waals surface area contributed by atoms with Gasteiger partial charge in [-0.05, 0) is 31.9 Å². The van der Waals surface area contributed by atoms with Gasteiger partial charge in [0.25, 0.3) is 5.91 Å². The maximum atomic E-state index is 13.2. The Morgan fingerprint density at radius 1 is 1.22 bits per heavy atom. The number of halogens is 2. The molecule has 27 heavy (non-hydrogen) atoms. The van der Waals surface area contributed by atoms with Gasteiger partial charge in [-0.25, -0.2) is 8.78 Å². The molecule has 0 bridgehead atoms. The molecule has 1 aliphatic carbocycles. The Morgan fingerprint density at radius 3 is 2.59 bits per heavy atom. The van der Waals surface area contributed by atoms with Crippen molar-refractivity contribution in [3.63, 3.8) is 0 Å². The minimum Gasteiger partial charge on any atom is -0.452 e. The van der Waals surface area contributed by atoms with Crippen molar-refractivity contribution in [2.75, 3.05) is 11.9 Å². The zero-order valence-electron chi connectivity index (χ0n) is 15.0. The van der Waals surface area contributed by atoms with Crippen LogP contribution in [0.1, 0.15) is 39.0 Å². The molecule has 8 heteroatoms. The molecule has 1 saturated heterocycles. The van der Waals surface area contributed by atoms with Crippen LogP contribution in [0.15, 0.2) is 18.2 Å². The molecule has 0 unspecified atom stereocenters. The van der Waals surface area contributed by atoms with Gasteiger partial charge in [0, 0.05) is 30.8 Å². The van der Waals surface area contributed by atoms with E-state index >= 15 is 0 Å². The Kier molecular flexibility index (Phi) is 5.72. The number of anilines is 1. The third-order valence-corrected chi connectivity index (χ3v) is 5.11. The first-order chi connectivity index (χ1) is 12.8. The second-order valence-electron chi connectivity index (χ2n) is 7.08. The molecule has 1 aromatic carbocycles. The van der Waals surface area contributed by atoms with E-state index in [1.54, 1.807) is 4.90 Å². The molecular weight excluding hydrogens is 358 g/mol. The highest BCUT2D eigenvalue weighted by molar-refractivity contribution is 5.95. The summed E-state index contributed by atoms with van der Waals surface area (Å²) in [5.41, 5.74) is 0.0604. The molecular formula is C19H22F2N2O4. The lowest BCUT2D eigenvalue weighted by Gasteiger charge is -2.24. The summed E-state index contributed by atoms with van der Waals surface area (Å²) in [6.07, 6.45) is 3.06. The first-order valence-electron chi connectivity index (χ1n) is 9.11. The SMILES string of the molecule is C[C@@H](OC(=O)[C@H]1CC(=O)N(C2CCCC2)C1)C(=O)Nc1ccc(F)c(F)c1. The predicted octanol–water partition coefficient (Wildman–Crippen LogP) is 2.63. The Hall–Kier alpha value is -2.51. The molecule has 0 aromatic heterocycles. The molecule has 1 heterocycles. The van der Waals surface area contributed by atoms with E-state index in [0.717, 1.165) is 37.8 Å². The number of nitrogens with one attached hydrogen (secondary N) is 1. The molecule has 1 N–H and O–H groups in total. The van der Waals surface area contributed by atoms with E-state index in [1.165, 1.54) is 13.0 Å². The van der Waals surface area contributed by atoms with Crippen LogP contribution in [0.5, 0.6) is 0 Å². The third kappa shape index (κ3) is 4.43. The summed E-state index contributed by atoms with van der Waals surface area (Å²) >= 11 is 0. The number of hydrogen-bond acceptors (Lipinski definition) is 4. The first-order valence-corrected chi connectivity index (χ1v) is 9.11. The molecule has 3 rings (SSSR count). The number of rotatable bonds is 5. The average Bonchev–Trinajstić information content (AvgIpc) is 3.27. The average molecular weight is 380 g/mol. The summed E-state index contributed by atoms with van der Waals surface area (Å²) in [5.74, 6) is -4.01. The fraction of sp³-hybridized carbons (Fsp3) is 0.526. The molecule has 2 fully saturated rings. The lowest BCUT2D eigenvalue weighted by atomic mass is 10.1. The van der Waals surface area contributed by atoms with Gasteiger partial charge in [0.15, 0.2) is 17.7 Å². The number of carbonyl (C=O) groups is 3. The highest BCUT2D eigenvalue weighted by Crippen LogP contribution is 2.30. The monoisotopic (exact) mass is 380 g/mol. The van der Waals surface area contributed by atoms with E-state index in [0.29, 0.717) is 6.54 Å². The Balaban J connectivity index is 1.53. The molecule has 2 aliphatic rings. The highest BCUT2D eigenvalue weighted by atomic mass is 19.2. The van der Waals surface area contributed by atoms with Crippen molar-refractivity contribution >= 4 is 23.5 Å². The lowest BCUT2D eigenvalue weighted by molar-refractivity contribution is -0.157. The van der Waals surface area contributed by atoms with Gasteiger partial charge in [-0.3, -0.25) is 14.4 Å². The van der Waals surface area contributed by atoms with Crippen molar-refractivity contribution < 1.29 is 27.9 Å². The van der Waals surface area contributed by atoms with Crippen LogP contribution in [0.4, 0.5) is 14.5 Å². The van der Waals surface area contributed by atoms with Crippen molar-refractivity contribution in [3.8, 4) is 0 Å². The van der Waals surface area contributed by atoms with E-state index in [-0.39, 0.29) is 24.1 Å². The normalized spacial score (nSPS) is 21.4. The van der Waals surface area contributed by atoms with Crippen LogP contribution in [-0.4, -0.2) is 41.4 Å². The minimum atomic E-state index is -1.12. The number of amides is 2. The van der Waals surface area contributed by atoms with Crippen molar-refractivity contribution in [1.82, 2.24) is 4.90 Å². The number of hydrogen-bond donors (Lipinski definition) is 1. The zero-order chi connectivity index (χ0) is 19.6. The second-order valence-corrected chi connectivity index (χ2v) is 7.08. The summed E-state index contributed by atoms with van der Waals surface area (Å²) in [4.78, 5) is 38.4. The van der Waals surface area contributed by atoms with Gasteiger partial charge in [-0.15, -0.1) is 0 Å². The number of esters is 1. The Morgan fingerprint density at radius 2 is 1.93 bits per heavy atom. The maximum Gasteiger partial charge on any atom is 0.312 e. The predicted molar refractivity (Wildman–Crippen MR) is 92.6 cm³/mol. The third-order valence-electron chi connectivity index (χ3n) is 5.11. The van der Waals surface area contributed by atoms with Crippen molar-refractivity contribution in [2.45, 2.75) is 51.2 Å². The fourth-order valence-corrected chi connectivity index (χ4v) is 3.60. The molecule has 2 atom stereocenters. The number of likely N-dealkylation sites (tertiary alicyclic amines) is 1. The lowest BCUT2D eigenvalue weighted by Crippen LogP contribution is -2.36. The van der Waals surface area contributed by atoms with Gasteiger partial charge >= 0.3 is 5.97 Å². The van der Waals surface area contributed by atoms with E-state index < -0.39 is 35.5 Å². The van der Waals surface area contributed by atoms with Crippen LogP contribution in [0.3, 0.4) is 0 Å². The summed E-state index contributed by atoms with van der Waals surface area (Å²) in [6.45, 7) is 1.71. The van der Waals surface area contributed by atoms with Crippen LogP contribution in [0, 0.1) is 17.6 Å². The number of carbonyl (C=O) groups excluding carboxylic acids is 3. The zero-order valence-corrected chi connectivity index (χ0v) is 15.0. The van der Waals surface area contributed by atoms with Crippen LogP contribution in [0.2, 0.25) is 0 Å². The first kappa shape index (κ1) is 19.3. The molecule has 1 aromatic rings. The molecule has 0 spiro atoms. The standard InChI is InChI=1S/C19H22F2N2O4/c1-11(18(25)22-13-6-7-15(20)16(21)9-13)27-19(26)12-8-17(24)23(10-12)14-4-2-3-5-14/h6-7,9,11-12,14H,2-5,8,10H2,1H3,(H,22,25)/t11-,12+/m1/s1. The summed E-state index contributed by atoms with van der Waals surface area (Å²) in [5, 5.41) is 2.37. The van der Waals surface area contributed by atoms with Crippen molar-refractivity contribution in [2.24, 2.45) is 5.92 Å². The second kappa shape index (κ2) is 8.02. The van der Waals surface area contributed by atoms with Crippen LogP contribution < -0.4 is 5.32 Å². The topological polar surface area (TPSA) is 75.7 Å². The Bertz CT molecular complexity index is 749. The van der Waals surface area contributed by atoms with E-state index in [4.69, 9.17) is 4.74 Å². The molecule has 0 radical (unpaired) electrons. The molecule has 146 valence electrons. The van der Waals surface area contributed by atoms with E-state index in [9.17, 15) is 23.2 Å². The van der Waals surface area contributed by atoms with Crippen LogP contribution >= 0.6 is 0 Å². The van der Waals surface area contributed by atoms with Gasteiger partial charge in [0.1, 0.15) is 0 Å². The van der Waals surface area contributed by atoms with Crippen LogP contribution in [0.25, 0.3) is 0 Å². The van der Waals surface area contributed by atoms with E-state index in [1.807, 2.05) is 0 Å². The molecule has 1 saturated carbocycles. The smallest absolute Gasteiger partial charge is 0.312 e. The maximum absolute atomic E-state index is 13.2. The summed E-state index contributed by atoms with van der Waals surface area (Å²) in [6, 6.07) is 3.14. The summed E-state index contributed by atoms with van der Waals surface area (Å²) < 4.78 is 31.3.